The molecule has 0 bridgehead atoms. The fraction of sp³-hybridized carbons (Fsp3) is 0.0952. The van der Waals surface area contributed by atoms with Gasteiger partial charge in [0.1, 0.15) is 0 Å². The first-order valence-electron chi connectivity index (χ1n) is 8.61. The SMILES string of the molecule is COc1ccc(C(=O)Nc2cc(-c3cn4cccnc4n3)ccc2C)cc1F. The minimum absolute atomic E-state index is 0.0928. The number of benzene rings is 2. The van der Waals surface area contributed by atoms with E-state index in [4.69, 9.17) is 4.74 Å². The van der Waals surface area contributed by atoms with E-state index in [9.17, 15) is 9.18 Å². The van der Waals surface area contributed by atoms with Gasteiger partial charge in [0.25, 0.3) is 5.91 Å². The molecule has 140 valence electrons. The van der Waals surface area contributed by atoms with Gasteiger partial charge in [-0.25, -0.2) is 14.4 Å². The molecule has 0 radical (unpaired) electrons. The minimum Gasteiger partial charge on any atom is -0.494 e. The van der Waals surface area contributed by atoms with Crippen LogP contribution in [0.15, 0.2) is 61.1 Å². The normalized spacial score (nSPS) is 10.8. The Labute approximate surface area is 160 Å². The van der Waals surface area contributed by atoms with Gasteiger partial charge in [-0.3, -0.25) is 9.20 Å². The molecule has 0 aliphatic rings. The number of hydrogen-bond acceptors (Lipinski definition) is 4. The average molecular weight is 376 g/mol. The highest BCUT2D eigenvalue weighted by Crippen LogP contribution is 2.26. The van der Waals surface area contributed by atoms with Crippen molar-refractivity contribution in [1.82, 2.24) is 14.4 Å². The van der Waals surface area contributed by atoms with E-state index in [-0.39, 0.29) is 11.3 Å². The van der Waals surface area contributed by atoms with Crippen molar-refractivity contribution in [2.24, 2.45) is 0 Å². The van der Waals surface area contributed by atoms with Gasteiger partial charge in [0.15, 0.2) is 11.6 Å². The van der Waals surface area contributed by atoms with E-state index in [0.717, 1.165) is 22.9 Å². The smallest absolute Gasteiger partial charge is 0.255 e. The Morgan fingerprint density at radius 1 is 1.21 bits per heavy atom. The van der Waals surface area contributed by atoms with Crippen molar-refractivity contribution in [2.75, 3.05) is 12.4 Å². The Balaban J connectivity index is 1.63. The molecule has 1 amide bonds. The zero-order valence-electron chi connectivity index (χ0n) is 15.3. The van der Waals surface area contributed by atoms with Crippen molar-refractivity contribution in [3.05, 3.63) is 78.0 Å². The Morgan fingerprint density at radius 3 is 2.82 bits per heavy atom. The summed E-state index contributed by atoms with van der Waals surface area (Å²) in [7, 11) is 1.38. The molecular weight excluding hydrogens is 359 g/mol. The number of amides is 1. The molecule has 0 aliphatic heterocycles. The van der Waals surface area contributed by atoms with Gasteiger partial charge in [0.05, 0.1) is 12.8 Å². The lowest BCUT2D eigenvalue weighted by Gasteiger charge is -2.11. The standard InChI is InChI=1S/C21H17FN4O2/c1-13-4-5-14(18-12-26-9-3-8-23-21(26)25-18)11-17(13)24-20(27)15-6-7-19(28-2)16(22)10-15/h3-12H,1-2H3,(H,24,27). The number of ether oxygens (including phenoxy) is 1. The van der Waals surface area contributed by atoms with Crippen LogP contribution in [0.2, 0.25) is 0 Å². The predicted octanol–water partition coefficient (Wildman–Crippen LogP) is 4.10. The number of nitrogens with one attached hydrogen (secondary N) is 1. The van der Waals surface area contributed by atoms with Gasteiger partial charge in [0.2, 0.25) is 5.78 Å². The molecular formula is C21H17FN4O2. The van der Waals surface area contributed by atoms with Gasteiger partial charge in [-0.05, 0) is 42.8 Å². The summed E-state index contributed by atoms with van der Waals surface area (Å²) in [4.78, 5) is 21.3. The fourth-order valence-electron chi connectivity index (χ4n) is 2.89. The van der Waals surface area contributed by atoms with E-state index in [1.807, 2.05) is 48.0 Å². The lowest BCUT2D eigenvalue weighted by atomic mass is 10.1. The molecule has 0 saturated carbocycles. The Kier molecular flexibility index (Phi) is 4.49. The molecule has 0 unspecified atom stereocenters. The zero-order valence-corrected chi connectivity index (χ0v) is 15.3. The summed E-state index contributed by atoms with van der Waals surface area (Å²) in [6.45, 7) is 1.89. The van der Waals surface area contributed by atoms with Crippen molar-refractivity contribution in [1.29, 1.82) is 0 Å². The molecule has 7 heteroatoms. The van der Waals surface area contributed by atoms with Crippen LogP contribution in [-0.4, -0.2) is 27.4 Å². The number of rotatable bonds is 4. The summed E-state index contributed by atoms with van der Waals surface area (Å²) < 4.78 is 20.6. The number of hydrogen-bond donors (Lipinski definition) is 1. The minimum atomic E-state index is -0.585. The number of aromatic nitrogens is 3. The van der Waals surface area contributed by atoms with E-state index >= 15 is 0 Å². The predicted molar refractivity (Wildman–Crippen MR) is 104 cm³/mol. The molecule has 4 rings (SSSR count). The van der Waals surface area contributed by atoms with Crippen LogP contribution in [0.5, 0.6) is 5.75 Å². The summed E-state index contributed by atoms with van der Waals surface area (Å²) in [5.74, 6) is -0.302. The molecule has 2 aromatic heterocycles. The number of fused-ring (bicyclic) bond motifs is 1. The quantitative estimate of drug-likeness (QED) is 0.582. The molecule has 0 saturated heterocycles. The van der Waals surface area contributed by atoms with Gasteiger partial charge in [-0.2, -0.15) is 0 Å². The maximum absolute atomic E-state index is 13.9. The molecule has 0 aliphatic carbocycles. The second kappa shape index (κ2) is 7.11. The van der Waals surface area contributed by atoms with E-state index in [0.29, 0.717) is 11.5 Å². The summed E-state index contributed by atoms with van der Waals surface area (Å²) >= 11 is 0. The molecule has 0 spiro atoms. The van der Waals surface area contributed by atoms with Crippen LogP contribution in [0.4, 0.5) is 10.1 Å². The summed E-state index contributed by atoms with van der Waals surface area (Å²) in [6, 6.07) is 11.6. The van der Waals surface area contributed by atoms with Crippen LogP contribution in [0, 0.1) is 12.7 Å². The zero-order chi connectivity index (χ0) is 19.7. The van der Waals surface area contributed by atoms with Crippen molar-refractivity contribution in [3.63, 3.8) is 0 Å². The maximum atomic E-state index is 13.9. The fourth-order valence-corrected chi connectivity index (χ4v) is 2.89. The first-order chi connectivity index (χ1) is 13.5. The molecule has 6 nitrogen and oxygen atoms in total. The summed E-state index contributed by atoms with van der Waals surface area (Å²) in [6.07, 6.45) is 5.42. The topological polar surface area (TPSA) is 68.5 Å². The van der Waals surface area contributed by atoms with Crippen LogP contribution in [0.3, 0.4) is 0 Å². The second-order valence-electron chi connectivity index (χ2n) is 6.29. The molecule has 4 aromatic rings. The number of carbonyl (C=O) groups is 1. The lowest BCUT2D eigenvalue weighted by molar-refractivity contribution is 0.102. The van der Waals surface area contributed by atoms with E-state index in [2.05, 4.69) is 15.3 Å². The second-order valence-corrected chi connectivity index (χ2v) is 6.29. The first kappa shape index (κ1) is 17.7. The number of carbonyl (C=O) groups excluding carboxylic acids is 1. The highest BCUT2D eigenvalue weighted by molar-refractivity contribution is 6.05. The van der Waals surface area contributed by atoms with Gasteiger partial charge >= 0.3 is 0 Å². The Bertz CT molecular complexity index is 1150. The van der Waals surface area contributed by atoms with Crippen LogP contribution in [0.1, 0.15) is 15.9 Å². The van der Waals surface area contributed by atoms with E-state index in [1.54, 1.807) is 6.20 Å². The third-order valence-corrected chi connectivity index (χ3v) is 4.43. The largest absolute Gasteiger partial charge is 0.494 e. The highest BCUT2D eigenvalue weighted by atomic mass is 19.1. The van der Waals surface area contributed by atoms with Gasteiger partial charge in [0, 0.05) is 35.4 Å². The molecule has 0 fully saturated rings. The van der Waals surface area contributed by atoms with Crippen LogP contribution in [-0.2, 0) is 0 Å². The van der Waals surface area contributed by atoms with Crippen LogP contribution >= 0.6 is 0 Å². The number of aryl methyl sites for hydroxylation is 1. The first-order valence-corrected chi connectivity index (χ1v) is 8.61. The van der Waals surface area contributed by atoms with Gasteiger partial charge < -0.3 is 10.1 Å². The summed E-state index contributed by atoms with van der Waals surface area (Å²) in [5, 5.41) is 2.84. The van der Waals surface area contributed by atoms with Crippen LogP contribution in [0.25, 0.3) is 17.0 Å². The third kappa shape index (κ3) is 3.29. The van der Waals surface area contributed by atoms with Crippen molar-refractivity contribution in [2.45, 2.75) is 6.92 Å². The number of halogens is 1. The van der Waals surface area contributed by atoms with Gasteiger partial charge in [-0.1, -0.05) is 12.1 Å². The Hall–Kier alpha value is -3.74. The highest BCUT2D eigenvalue weighted by Gasteiger charge is 2.13. The number of methoxy groups -OCH3 is 1. The van der Waals surface area contributed by atoms with E-state index < -0.39 is 11.7 Å². The molecule has 2 aromatic carbocycles. The maximum Gasteiger partial charge on any atom is 0.255 e. The third-order valence-electron chi connectivity index (χ3n) is 4.43. The Morgan fingerprint density at radius 2 is 2.07 bits per heavy atom. The van der Waals surface area contributed by atoms with E-state index in [1.165, 1.54) is 19.2 Å². The molecule has 2 heterocycles. The van der Waals surface area contributed by atoms with Crippen LogP contribution < -0.4 is 10.1 Å². The van der Waals surface area contributed by atoms with Crippen molar-refractivity contribution in [3.8, 4) is 17.0 Å². The van der Waals surface area contributed by atoms with Crippen molar-refractivity contribution < 1.29 is 13.9 Å². The number of nitrogens with zero attached hydrogens (tertiary/aromatic N) is 3. The molecule has 1 N–H and O–H groups in total. The van der Waals surface area contributed by atoms with Crippen molar-refractivity contribution >= 4 is 17.4 Å². The lowest BCUT2D eigenvalue weighted by Crippen LogP contribution is -2.13. The number of anilines is 1. The van der Waals surface area contributed by atoms with Gasteiger partial charge in [-0.15, -0.1) is 0 Å². The average Bonchev–Trinajstić information content (AvgIpc) is 3.13. The number of imidazole rings is 1. The molecule has 28 heavy (non-hydrogen) atoms. The summed E-state index contributed by atoms with van der Waals surface area (Å²) in [5.41, 5.74) is 3.30. The molecule has 0 atom stereocenters. The monoisotopic (exact) mass is 376 g/mol.